The normalized spacial score (nSPS) is 37.8. The predicted molar refractivity (Wildman–Crippen MR) is 57.0 cm³/mol. The molecule has 1 aliphatic heterocycles. The lowest BCUT2D eigenvalue weighted by atomic mass is 9.97. The molecule has 1 amide bonds. The molecule has 4 N–H and O–H groups in total. The second-order valence-electron chi connectivity index (χ2n) is 3.89. The zero-order valence-electron chi connectivity index (χ0n) is 9.87. The summed E-state index contributed by atoms with van der Waals surface area (Å²) in [7, 11) is 0. The van der Waals surface area contributed by atoms with E-state index in [0.717, 1.165) is 0 Å². The molecular formula is C10H19NO6. The van der Waals surface area contributed by atoms with E-state index in [-0.39, 0.29) is 5.91 Å². The second kappa shape index (κ2) is 6.27. The van der Waals surface area contributed by atoms with Crippen molar-refractivity contribution < 1.29 is 29.6 Å². The third kappa shape index (κ3) is 3.36. The van der Waals surface area contributed by atoms with E-state index in [1.807, 2.05) is 0 Å². The summed E-state index contributed by atoms with van der Waals surface area (Å²) in [6.07, 6.45) is -4.33. The van der Waals surface area contributed by atoms with Gasteiger partial charge in [-0.15, -0.1) is 0 Å². The van der Waals surface area contributed by atoms with Gasteiger partial charge in [-0.1, -0.05) is 0 Å². The Hall–Kier alpha value is -0.730. The number of rotatable bonds is 4. The van der Waals surface area contributed by atoms with Crippen molar-refractivity contribution in [2.75, 3.05) is 13.2 Å². The minimum absolute atomic E-state index is 0.321. The standard InChI is InChI=1S/C10H19NO6/c1-3-16-10-7(11-5(2)13)9(15)8(14)6(4-12)17-10/h6-10,12,14-15H,3-4H2,1-2H3,(H,11,13)/t6?,7-,8-,9?,10+/m0/s1. The molecule has 5 atom stereocenters. The highest BCUT2D eigenvalue weighted by molar-refractivity contribution is 5.73. The Labute approximate surface area is 99.3 Å². The molecule has 0 bridgehead atoms. The molecule has 1 aliphatic rings. The van der Waals surface area contributed by atoms with Gasteiger partial charge in [0.25, 0.3) is 0 Å². The van der Waals surface area contributed by atoms with Crippen molar-refractivity contribution in [2.45, 2.75) is 44.5 Å². The van der Waals surface area contributed by atoms with Crippen LogP contribution in [0.2, 0.25) is 0 Å². The molecule has 2 unspecified atom stereocenters. The Morgan fingerprint density at radius 3 is 2.53 bits per heavy atom. The van der Waals surface area contributed by atoms with E-state index in [1.165, 1.54) is 6.92 Å². The van der Waals surface area contributed by atoms with Crippen LogP contribution in [0, 0.1) is 0 Å². The molecule has 1 rings (SSSR count). The molecule has 7 nitrogen and oxygen atoms in total. The van der Waals surface area contributed by atoms with Crippen molar-refractivity contribution in [1.82, 2.24) is 5.32 Å². The third-order valence-electron chi connectivity index (χ3n) is 2.58. The SMILES string of the molecule is CCO[C@@H]1OC(CO)[C@H](O)C(O)[C@@H]1NC(C)=O. The molecule has 0 radical (unpaired) electrons. The lowest BCUT2D eigenvalue weighted by molar-refractivity contribution is -0.268. The van der Waals surface area contributed by atoms with Crippen LogP contribution in [0.25, 0.3) is 0 Å². The molecule has 0 aromatic carbocycles. The first kappa shape index (κ1) is 14.3. The number of aliphatic hydroxyl groups excluding tert-OH is 3. The van der Waals surface area contributed by atoms with E-state index < -0.39 is 37.3 Å². The van der Waals surface area contributed by atoms with Gasteiger partial charge < -0.3 is 30.1 Å². The van der Waals surface area contributed by atoms with E-state index in [1.54, 1.807) is 6.92 Å². The van der Waals surface area contributed by atoms with Gasteiger partial charge in [-0.25, -0.2) is 0 Å². The Morgan fingerprint density at radius 1 is 1.41 bits per heavy atom. The molecule has 100 valence electrons. The highest BCUT2D eigenvalue weighted by Gasteiger charge is 2.45. The van der Waals surface area contributed by atoms with Gasteiger partial charge in [0.05, 0.1) is 6.61 Å². The van der Waals surface area contributed by atoms with Crippen molar-refractivity contribution in [3.63, 3.8) is 0 Å². The van der Waals surface area contributed by atoms with E-state index in [4.69, 9.17) is 14.6 Å². The molecule has 0 aromatic heterocycles. The summed E-state index contributed by atoms with van der Waals surface area (Å²) in [5, 5.41) is 31.0. The monoisotopic (exact) mass is 249 g/mol. The number of amides is 1. The smallest absolute Gasteiger partial charge is 0.217 e. The molecular weight excluding hydrogens is 230 g/mol. The quantitative estimate of drug-likeness (QED) is 0.457. The Kier molecular flexibility index (Phi) is 5.29. The number of aliphatic hydroxyl groups is 3. The Morgan fingerprint density at radius 2 is 2.06 bits per heavy atom. The maximum absolute atomic E-state index is 11.0. The van der Waals surface area contributed by atoms with Gasteiger partial charge in [-0.2, -0.15) is 0 Å². The van der Waals surface area contributed by atoms with E-state index in [2.05, 4.69) is 5.32 Å². The summed E-state index contributed by atoms with van der Waals surface area (Å²) < 4.78 is 10.5. The van der Waals surface area contributed by atoms with Crippen molar-refractivity contribution >= 4 is 5.91 Å². The zero-order chi connectivity index (χ0) is 13.0. The van der Waals surface area contributed by atoms with Crippen LogP contribution in [0.4, 0.5) is 0 Å². The molecule has 0 aromatic rings. The summed E-state index contributed by atoms with van der Waals surface area (Å²) in [6.45, 7) is 2.91. The first-order valence-electron chi connectivity index (χ1n) is 5.52. The number of nitrogens with one attached hydrogen (secondary N) is 1. The maximum Gasteiger partial charge on any atom is 0.217 e. The molecule has 1 saturated heterocycles. The van der Waals surface area contributed by atoms with Crippen molar-refractivity contribution in [2.24, 2.45) is 0 Å². The lowest BCUT2D eigenvalue weighted by Crippen LogP contribution is -2.64. The minimum Gasteiger partial charge on any atom is -0.394 e. The average Bonchev–Trinajstić information content (AvgIpc) is 2.28. The Balaban J connectivity index is 2.78. The highest BCUT2D eigenvalue weighted by Crippen LogP contribution is 2.21. The average molecular weight is 249 g/mol. The molecule has 17 heavy (non-hydrogen) atoms. The fraction of sp³-hybridized carbons (Fsp3) is 0.900. The van der Waals surface area contributed by atoms with Crippen LogP contribution in [0.1, 0.15) is 13.8 Å². The molecule has 0 aliphatic carbocycles. The molecule has 0 saturated carbocycles. The lowest BCUT2D eigenvalue weighted by Gasteiger charge is -2.42. The molecule has 1 fully saturated rings. The highest BCUT2D eigenvalue weighted by atomic mass is 16.7. The van der Waals surface area contributed by atoms with Crippen LogP contribution in [-0.2, 0) is 14.3 Å². The number of hydrogen-bond donors (Lipinski definition) is 4. The number of carbonyl (C=O) groups is 1. The fourth-order valence-corrected chi connectivity index (χ4v) is 1.78. The largest absolute Gasteiger partial charge is 0.394 e. The van der Waals surface area contributed by atoms with E-state index >= 15 is 0 Å². The van der Waals surface area contributed by atoms with Crippen molar-refractivity contribution in [1.29, 1.82) is 0 Å². The van der Waals surface area contributed by atoms with Crippen LogP contribution in [0.5, 0.6) is 0 Å². The third-order valence-corrected chi connectivity index (χ3v) is 2.58. The first-order chi connectivity index (χ1) is 8.01. The van der Waals surface area contributed by atoms with E-state index in [9.17, 15) is 15.0 Å². The number of ether oxygens (including phenoxy) is 2. The molecule has 7 heteroatoms. The zero-order valence-corrected chi connectivity index (χ0v) is 9.87. The van der Waals surface area contributed by atoms with Crippen LogP contribution in [-0.4, -0.2) is 65.1 Å². The Bertz CT molecular complexity index is 261. The number of carbonyl (C=O) groups excluding carboxylic acids is 1. The van der Waals surface area contributed by atoms with Gasteiger partial charge in [0, 0.05) is 13.5 Å². The van der Waals surface area contributed by atoms with Crippen LogP contribution in [0.15, 0.2) is 0 Å². The maximum atomic E-state index is 11.0. The number of hydrogen-bond acceptors (Lipinski definition) is 6. The molecule has 0 spiro atoms. The minimum atomic E-state index is -1.27. The first-order valence-corrected chi connectivity index (χ1v) is 5.52. The second-order valence-corrected chi connectivity index (χ2v) is 3.89. The molecule has 1 heterocycles. The fourth-order valence-electron chi connectivity index (χ4n) is 1.78. The summed E-state index contributed by atoms with van der Waals surface area (Å²) in [5.41, 5.74) is 0. The van der Waals surface area contributed by atoms with Gasteiger partial charge in [-0.05, 0) is 6.92 Å². The van der Waals surface area contributed by atoms with Gasteiger partial charge in [-0.3, -0.25) is 4.79 Å². The van der Waals surface area contributed by atoms with E-state index in [0.29, 0.717) is 6.61 Å². The van der Waals surface area contributed by atoms with Crippen LogP contribution >= 0.6 is 0 Å². The van der Waals surface area contributed by atoms with Gasteiger partial charge in [0.2, 0.25) is 5.91 Å². The van der Waals surface area contributed by atoms with Crippen molar-refractivity contribution in [3.8, 4) is 0 Å². The van der Waals surface area contributed by atoms with Gasteiger partial charge in [0.1, 0.15) is 24.4 Å². The van der Waals surface area contributed by atoms with Crippen LogP contribution in [0.3, 0.4) is 0 Å². The van der Waals surface area contributed by atoms with Gasteiger partial charge >= 0.3 is 0 Å². The summed E-state index contributed by atoms with van der Waals surface area (Å²) in [6, 6.07) is -0.856. The van der Waals surface area contributed by atoms with Crippen LogP contribution < -0.4 is 5.32 Å². The summed E-state index contributed by atoms with van der Waals surface area (Å²) in [4.78, 5) is 11.0. The van der Waals surface area contributed by atoms with Gasteiger partial charge in [0.15, 0.2) is 6.29 Å². The van der Waals surface area contributed by atoms with Crippen molar-refractivity contribution in [3.05, 3.63) is 0 Å². The summed E-state index contributed by atoms with van der Waals surface area (Å²) in [5.74, 6) is -0.364. The summed E-state index contributed by atoms with van der Waals surface area (Å²) >= 11 is 0. The predicted octanol–water partition coefficient (Wildman–Crippen LogP) is -2.03. The topological polar surface area (TPSA) is 108 Å².